The zero-order valence-electron chi connectivity index (χ0n) is 19.9. The monoisotopic (exact) mass is 510 g/mol. The number of benzene rings is 3. The Kier molecular flexibility index (Phi) is 8.26. The summed E-state index contributed by atoms with van der Waals surface area (Å²) in [6.07, 6.45) is 4.53. The highest BCUT2D eigenvalue weighted by molar-refractivity contribution is 7.89. The molecular weight excluding hydrogens is 480 g/mol. The minimum absolute atomic E-state index is 0.0785. The minimum Gasteiger partial charge on any atom is -0.349 e. The fraction of sp³-hybridized carbons (Fsp3) is 0.321. The molecule has 0 saturated heterocycles. The van der Waals surface area contributed by atoms with Crippen molar-refractivity contribution in [3.05, 3.63) is 101 Å². The molecule has 1 N–H and O–H groups in total. The summed E-state index contributed by atoms with van der Waals surface area (Å²) in [6, 6.07) is 23.1. The normalized spacial score (nSPS) is 18.4. The van der Waals surface area contributed by atoms with Crippen molar-refractivity contribution in [2.75, 3.05) is 0 Å². The van der Waals surface area contributed by atoms with Crippen LogP contribution in [-0.4, -0.2) is 24.7 Å². The van der Waals surface area contributed by atoms with Gasteiger partial charge in [-0.1, -0.05) is 73.8 Å². The number of nitrogens with one attached hydrogen (secondary N) is 1. The first-order valence-electron chi connectivity index (χ1n) is 12.0. The molecular formula is C28H31ClN2O3S. The lowest BCUT2D eigenvalue weighted by Gasteiger charge is -2.29. The highest BCUT2D eigenvalue weighted by atomic mass is 35.5. The Balaban J connectivity index is 1.52. The van der Waals surface area contributed by atoms with Crippen molar-refractivity contribution in [3.63, 3.8) is 0 Å². The van der Waals surface area contributed by atoms with Gasteiger partial charge < -0.3 is 5.32 Å². The standard InChI is InChI=1S/C28H31ClN2O3S/c1-21-7-5-6-10-27(21)30-28(32)24-13-11-23(12-14-24)20-31(19-22-8-3-2-4-9-22)35(33,34)26-17-15-25(29)16-18-26/h2-4,8-9,11-18,21,27H,5-7,10,19-20H2,1H3,(H,30,32). The van der Waals surface area contributed by atoms with Crippen LogP contribution in [0.4, 0.5) is 0 Å². The predicted molar refractivity (Wildman–Crippen MR) is 140 cm³/mol. The van der Waals surface area contributed by atoms with Gasteiger partial charge in [-0.05, 0) is 66.3 Å². The van der Waals surface area contributed by atoms with E-state index < -0.39 is 10.0 Å². The lowest BCUT2D eigenvalue weighted by Crippen LogP contribution is -2.41. The Hall–Kier alpha value is -2.67. The van der Waals surface area contributed by atoms with Crippen molar-refractivity contribution in [1.29, 1.82) is 0 Å². The molecule has 1 saturated carbocycles. The molecule has 0 radical (unpaired) electrons. The van der Waals surface area contributed by atoms with E-state index in [1.807, 2.05) is 42.5 Å². The minimum atomic E-state index is -3.77. The molecule has 0 aromatic heterocycles. The Morgan fingerprint density at radius 1 is 0.886 bits per heavy atom. The second-order valence-corrected chi connectivity index (χ2v) is 11.6. The van der Waals surface area contributed by atoms with E-state index in [-0.39, 0.29) is 29.9 Å². The van der Waals surface area contributed by atoms with Crippen LogP contribution < -0.4 is 5.32 Å². The van der Waals surface area contributed by atoms with Gasteiger partial charge in [0.15, 0.2) is 0 Å². The maximum atomic E-state index is 13.5. The van der Waals surface area contributed by atoms with E-state index in [2.05, 4.69) is 12.2 Å². The first-order valence-corrected chi connectivity index (χ1v) is 13.8. The molecule has 7 heteroatoms. The van der Waals surface area contributed by atoms with Crippen LogP contribution in [-0.2, 0) is 23.1 Å². The molecule has 2 unspecified atom stereocenters. The van der Waals surface area contributed by atoms with Crippen molar-refractivity contribution in [2.24, 2.45) is 5.92 Å². The van der Waals surface area contributed by atoms with Crippen LogP contribution in [0.5, 0.6) is 0 Å². The molecule has 3 aromatic rings. The lowest BCUT2D eigenvalue weighted by molar-refractivity contribution is 0.0910. The van der Waals surface area contributed by atoms with Gasteiger partial charge in [0.1, 0.15) is 0 Å². The van der Waals surface area contributed by atoms with Crippen LogP contribution in [0.25, 0.3) is 0 Å². The van der Waals surface area contributed by atoms with E-state index >= 15 is 0 Å². The van der Waals surface area contributed by atoms with E-state index in [0.29, 0.717) is 16.5 Å². The fourth-order valence-electron chi connectivity index (χ4n) is 4.52. The second-order valence-electron chi connectivity index (χ2n) is 9.25. The highest BCUT2D eigenvalue weighted by Crippen LogP contribution is 2.25. The summed E-state index contributed by atoms with van der Waals surface area (Å²) in [4.78, 5) is 13.0. The molecule has 184 valence electrons. The number of nitrogens with zero attached hydrogens (tertiary/aromatic N) is 1. The molecule has 2 atom stereocenters. The summed E-state index contributed by atoms with van der Waals surface area (Å²) in [5.41, 5.74) is 2.28. The summed E-state index contributed by atoms with van der Waals surface area (Å²) < 4.78 is 28.4. The average Bonchev–Trinajstić information content (AvgIpc) is 2.86. The summed E-state index contributed by atoms with van der Waals surface area (Å²) >= 11 is 5.97. The summed E-state index contributed by atoms with van der Waals surface area (Å²) in [5.74, 6) is 0.404. The van der Waals surface area contributed by atoms with Crippen LogP contribution in [0, 0.1) is 5.92 Å². The van der Waals surface area contributed by atoms with Gasteiger partial charge in [-0.15, -0.1) is 0 Å². The van der Waals surface area contributed by atoms with Crippen LogP contribution in [0.3, 0.4) is 0 Å². The smallest absolute Gasteiger partial charge is 0.251 e. The van der Waals surface area contributed by atoms with Crippen molar-refractivity contribution < 1.29 is 13.2 Å². The van der Waals surface area contributed by atoms with E-state index in [0.717, 1.165) is 30.4 Å². The number of amides is 1. The van der Waals surface area contributed by atoms with Gasteiger partial charge in [0.25, 0.3) is 5.91 Å². The molecule has 1 aliphatic carbocycles. The van der Waals surface area contributed by atoms with Gasteiger partial charge in [-0.3, -0.25) is 4.79 Å². The third-order valence-electron chi connectivity index (χ3n) is 6.66. The zero-order valence-corrected chi connectivity index (χ0v) is 21.4. The van der Waals surface area contributed by atoms with Crippen LogP contribution in [0.15, 0.2) is 83.8 Å². The summed E-state index contributed by atoms with van der Waals surface area (Å²) in [6.45, 7) is 2.60. The number of carbonyl (C=O) groups excluding carboxylic acids is 1. The SMILES string of the molecule is CC1CCCCC1NC(=O)c1ccc(CN(Cc2ccccc2)S(=O)(=O)c2ccc(Cl)cc2)cc1. The maximum absolute atomic E-state index is 13.5. The Bertz CT molecular complexity index is 1230. The van der Waals surface area contributed by atoms with Crippen LogP contribution >= 0.6 is 11.6 Å². The lowest BCUT2D eigenvalue weighted by atomic mass is 9.86. The van der Waals surface area contributed by atoms with Gasteiger partial charge in [-0.2, -0.15) is 4.31 Å². The third-order valence-corrected chi connectivity index (χ3v) is 8.71. The van der Waals surface area contributed by atoms with Gasteiger partial charge in [0.05, 0.1) is 4.90 Å². The Morgan fingerprint density at radius 2 is 1.49 bits per heavy atom. The number of carbonyl (C=O) groups is 1. The van der Waals surface area contributed by atoms with Crippen molar-refractivity contribution >= 4 is 27.5 Å². The summed E-state index contributed by atoms with van der Waals surface area (Å²) in [5, 5.41) is 3.65. The van der Waals surface area contributed by atoms with Crippen LogP contribution in [0.2, 0.25) is 5.02 Å². The molecule has 5 nitrogen and oxygen atoms in total. The number of sulfonamides is 1. The number of hydrogen-bond donors (Lipinski definition) is 1. The molecule has 0 spiro atoms. The molecule has 1 amide bonds. The molecule has 1 fully saturated rings. The molecule has 1 aliphatic rings. The van der Waals surface area contributed by atoms with E-state index in [1.54, 1.807) is 24.3 Å². The average molecular weight is 511 g/mol. The summed E-state index contributed by atoms with van der Waals surface area (Å²) in [7, 11) is -3.77. The number of halogens is 1. The fourth-order valence-corrected chi connectivity index (χ4v) is 6.06. The van der Waals surface area contributed by atoms with Crippen LogP contribution in [0.1, 0.15) is 54.1 Å². The van der Waals surface area contributed by atoms with Crippen molar-refractivity contribution in [1.82, 2.24) is 9.62 Å². The highest BCUT2D eigenvalue weighted by Gasteiger charge is 2.26. The first kappa shape index (κ1) is 25.4. The van der Waals surface area contributed by atoms with E-state index in [9.17, 15) is 13.2 Å². The molecule has 3 aromatic carbocycles. The largest absolute Gasteiger partial charge is 0.349 e. The van der Waals surface area contributed by atoms with Crippen molar-refractivity contribution in [3.8, 4) is 0 Å². The number of rotatable bonds is 8. The van der Waals surface area contributed by atoms with E-state index in [4.69, 9.17) is 11.6 Å². The quantitative estimate of drug-likeness (QED) is 0.401. The van der Waals surface area contributed by atoms with Crippen molar-refractivity contribution in [2.45, 2.75) is 56.6 Å². The van der Waals surface area contributed by atoms with Gasteiger partial charge in [0.2, 0.25) is 10.0 Å². The third kappa shape index (κ3) is 6.51. The Morgan fingerprint density at radius 3 is 2.11 bits per heavy atom. The first-order chi connectivity index (χ1) is 16.8. The molecule has 4 rings (SSSR count). The van der Waals surface area contributed by atoms with E-state index in [1.165, 1.54) is 22.9 Å². The van der Waals surface area contributed by atoms with Gasteiger partial charge in [-0.25, -0.2) is 8.42 Å². The number of hydrogen-bond acceptors (Lipinski definition) is 3. The van der Waals surface area contributed by atoms with Gasteiger partial charge >= 0.3 is 0 Å². The maximum Gasteiger partial charge on any atom is 0.251 e. The predicted octanol–water partition coefficient (Wildman–Crippen LogP) is 6.04. The zero-order chi connectivity index (χ0) is 24.8. The topological polar surface area (TPSA) is 66.5 Å². The molecule has 35 heavy (non-hydrogen) atoms. The molecule has 0 bridgehead atoms. The molecule has 0 heterocycles. The van der Waals surface area contributed by atoms with Gasteiger partial charge in [0, 0.05) is 29.7 Å². The molecule has 0 aliphatic heterocycles. The Labute approximate surface area is 213 Å². The second kappa shape index (κ2) is 11.4.